The molecule has 1 aliphatic heterocycles. The van der Waals surface area contributed by atoms with Gasteiger partial charge in [-0.3, -0.25) is 14.7 Å². The summed E-state index contributed by atoms with van der Waals surface area (Å²) in [5.74, 6) is 0.900. The Kier molecular flexibility index (Phi) is 4.18. The highest BCUT2D eigenvalue weighted by atomic mass is 16.3. The molecule has 0 fully saturated rings. The molecular weight excluding hydrogens is 296 g/mol. The van der Waals surface area contributed by atoms with E-state index in [1.54, 1.807) is 17.0 Å². The summed E-state index contributed by atoms with van der Waals surface area (Å²) in [5, 5.41) is 9.97. The molecule has 2 aromatic heterocycles. The van der Waals surface area contributed by atoms with Crippen molar-refractivity contribution in [2.45, 2.75) is 33.2 Å². The van der Waals surface area contributed by atoms with Crippen LogP contribution in [0, 0.1) is 5.92 Å². The number of anilines is 1. The Balaban J connectivity index is 1.73. The minimum absolute atomic E-state index is 0.0659. The van der Waals surface area contributed by atoms with E-state index in [4.69, 9.17) is 4.42 Å². The second-order valence-corrected chi connectivity index (χ2v) is 6.13. The number of carbonyl (C=O) groups is 2. The summed E-state index contributed by atoms with van der Waals surface area (Å²) < 4.78 is 5.17. The number of fused-ring (bicyclic) bond motifs is 1. The first-order valence-corrected chi connectivity index (χ1v) is 7.73. The molecule has 0 saturated carbocycles. The molecule has 2 N–H and O–H groups in total. The van der Waals surface area contributed by atoms with Crippen molar-refractivity contribution in [3.63, 3.8) is 0 Å². The summed E-state index contributed by atoms with van der Waals surface area (Å²) in [5.41, 5.74) is 1.83. The molecule has 0 bridgehead atoms. The Labute approximate surface area is 134 Å². The number of nitrogens with zero attached hydrogens (tertiary/aromatic N) is 2. The van der Waals surface area contributed by atoms with Crippen LogP contribution in [0.1, 0.15) is 42.1 Å². The quantitative estimate of drug-likeness (QED) is 0.904. The maximum Gasteiger partial charge on any atom is 0.289 e. The molecule has 0 spiro atoms. The number of rotatable bonds is 4. The fourth-order valence-electron chi connectivity index (χ4n) is 2.68. The van der Waals surface area contributed by atoms with Gasteiger partial charge in [0.15, 0.2) is 11.6 Å². The molecule has 1 aliphatic rings. The number of aromatic nitrogens is 2. The summed E-state index contributed by atoms with van der Waals surface area (Å²) in [4.78, 5) is 26.0. The van der Waals surface area contributed by atoms with E-state index in [1.165, 1.54) is 6.26 Å². The fraction of sp³-hybridized carbons (Fsp3) is 0.438. The largest absolute Gasteiger partial charge is 0.459 e. The third kappa shape index (κ3) is 3.28. The molecule has 23 heavy (non-hydrogen) atoms. The molecule has 0 atom stereocenters. The van der Waals surface area contributed by atoms with Crippen molar-refractivity contribution in [3.05, 3.63) is 35.4 Å². The third-order valence-electron chi connectivity index (χ3n) is 3.80. The van der Waals surface area contributed by atoms with Gasteiger partial charge in [0.1, 0.15) is 0 Å². The molecule has 0 aromatic carbocycles. The van der Waals surface area contributed by atoms with Gasteiger partial charge in [-0.2, -0.15) is 5.10 Å². The van der Waals surface area contributed by atoms with Gasteiger partial charge in [-0.1, -0.05) is 13.8 Å². The smallest absolute Gasteiger partial charge is 0.289 e. The van der Waals surface area contributed by atoms with Crippen LogP contribution in [0.4, 0.5) is 5.82 Å². The molecule has 2 aromatic rings. The molecule has 0 aliphatic carbocycles. The van der Waals surface area contributed by atoms with Gasteiger partial charge in [0.2, 0.25) is 5.91 Å². The molecule has 3 rings (SSSR count). The fourth-order valence-corrected chi connectivity index (χ4v) is 2.68. The zero-order valence-corrected chi connectivity index (χ0v) is 13.3. The average molecular weight is 316 g/mol. The van der Waals surface area contributed by atoms with Crippen LogP contribution in [0.3, 0.4) is 0 Å². The summed E-state index contributed by atoms with van der Waals surface area (Å²) in [6.07, 6.45) is 2.60. The predicted octanol–water partition coefficient (Wildman–Crippen LogP) is 2.19. The predicted molar refractivity (Wildman–Crippen MR) is 83.8 cm³/mol. The average Bonchev–Trinajstić information content (AvgIpc) is 3.15. The van der Waals surface area contributed by atoms with Crippen LogP contribution in [-0.4, -0.2) is 33.5 Å². The summed E-state index contributed by atoms with van der Waals surface area (Å²) in [6.45, 7) is 4.98. The van der Waals surface area contributed by atoms with Gasteiger partial charge in [-0.05, 0) is 18.1 Å². The van der Waals surface area contributed by atoms with Crippen LogP contribution in [0.25, 0.3) is 0 Å². The standard InChI is InChI=1S/C16H20N4O3/c1-10(2)8-14(21)17-15-11-9-20(6-5-12(11)18-19-15)16(22)13-4-3-7-23-13/h3-4,7,10H,5-6,8-9H2,1-2H3,(H2,17,18,19,21). The Hall–Kier alpha value is -2.57. The third-order valence-corrected chi connectivity index (χ3v) is 3.80. The molecule has 122 valence electrons. The van der Waals surface area contributed by atoms with Gasteiger partial charge in [0.25, 0.3) is 5.91 Å². The first kappa shape index (κ1) is 15.3. The van der Waals surface area contributed by atoms with Crippen LogP contribution in [0.15, 0.2) is 22.8 Å². The van der Waals surface area contributed by atoms with Crippen LogP contribution in [0.5, 0.6) is 0 Å². The maximum atomic E-state index is 12.4. The van der Waals surface area contributed by atoms with Crippen molar-refractivity contribution in [1.29, 1.82) is 0 Å². The molecule has 0 radical (unpaired) electrons. The van der Waals surface area contributed by atoms with Crippen LogP contribution >= 0.6 is 0 Å². The van der Waals surface area contributed by atoms with Gasteiger partial charge in [-0.15, -0.1) is 0 Å². The Morgan fingerprint density at radius 1 is 1.48 bits per heavy atom. The van der Waals surface area contributed by atoms with E-state index < -0.39 is 0 Å². The number of hydrogen-bond donors (Lipinski definition) is 2. The zero-order chi connectivity index (χ0) is 16.4. The number of aromatic amines is 1. The van der Waals surface area contributed by atoms with Gasteiger partial charge in [-0.25, -0.2) is 0 Å². The van der Waals surface area contributed by atoms with E-state index in [1.807, 2.05) is 13.8 Å². The zero-order valence-electron chi connectivity index (χ0n) is 13.3. The lowest BCUT2D eigenvalue weighted by Gasteiger charge is -2.26. The van der Waals surface area contributed by atoms with Crippen molar-refractivity contribution in [2.75, 3.05) is 11.9 Å². The lowest BCUT2D eigenvalue weighted by Crippen LogP contribution is -2.36. The van der Waals surface area contributed by atoms with Crippen LogP contribution in [-0.2, 0) is 17.8 Å². The molecule has 0 saturated heterocycles. The second kappa shape index (κ2) is 6.28. The van der Waals surface area contributed by atoms with Crippen molar-refractivity contribution in [1.82, 2.24) is 15.1 Å². The van der Waals surface area contributed by atoms with E-state index in [0.29, 0.717) is 37.5 Å². The molecule has 3 heterocycles. The van der Waals surface area contributed by atoms with Crippen molar-refractivity contribution in [2.24, 2.45) is 5.92 Å². The Morgan fingerprint density at radius 3 is 3.00 bits per heavy atom. The van der Waals surface area contributed by atoms with Crippen molar-refractivity contribution in [3.8, 4) is 0 Å². The number of carbonyl (C=O) groups excluding carboxylic acids is 2. The molecule has 7 heteroatoms. The van der Waals surface area contributed by atoms with Crippen molar-refractivity contribution < 1.29 is 14.0 Å². The van der Waals surface area contributed by atoms with Crippen LogP contribution < -0.4 is 5.32 Å². The summed E-state index contributed by atoms with van der Waals surface area (Å²) >= 11 is 0. The van der Waals surface area contributed by atoms with Gasteiger partial charge in [0, 0.05) is 30.6 Å². The highest BCUT2D eigenvalue weighted by Gasteiger charge is 2.27. The van der Waals surface area contributed by atoms with E-state index in [9.17, 15) is 9.59 Å². The number of furan rings is 1. The minimum Gasteiger partial charge on any atom is -0.459 e. The number of nitrogens with one attached hydrogen (secondary N) is 2. The first-order chi connectivity index (χ1) is 11.0. The van der Waals surface area contributed by atoms with E-state index in [-0.39, 0.29) is 17.7 Å². The summed E-state index contributed by atoms with van der Waals surface area (Å²) in [7, 11) is 0. The van der Waals surface area contributed by atoms with Gasteiger partial charge >= 0.3 is 0 Å². The maximum absolute atomic E-state index is 12.4. The number of H-pyrrole nitrogens is 1. The molecular formula is C16H20N4O3. The highest BCUT2D eigenvalue weighted by molar-refractivity contribution is 5.92. The topological polar surface area (TPSA) is 91.2 Å². The number of hydrogen-bond acceptors (Lipinski definition) is 4. The van der Waals surface area contributed by atoms with E-state index >= 15 is 0 Å². The molecule has 2 amide bonds. The second-order valence-electron chi connectivity index (χ2n) is 6.13. The van der Waals surface area contributed by atoms with Crippen molar-refractivity contribution >= 4 is 17.6 Å². The van der Waals surface area contributed by atoms with Crippen LogP contribution in [0.2, 0.25) is 0 Å². The number of amides is 2. The van der Waals surface area contributed by atoms with Gasteiger partial charge < -0.3 is 14.6 Å². The minimum atomic E-state index is -0.152. The van der Waals surface area contributed by atoms with E-state index in [0.717, 1.165) is 11.3 Å². The van der Waals surface area contributed by atoms with E-state index in [2.05, 4.69) is 15.5 Å². The lowest BCUT2D eigenvalue weighted by atomic mass is 10.1. The monoisotopic (exact) mass is 316 g/mol. The SMILES string of the molecule is CC(C)CC(=O)Nc1n[nH]c2c1CN(C(=O)c1ccco1)CC2. The van der Waals surface area contributed by atoms with Gasteiger partial charge in [0.05, 0.1) is 12.8 Å². The molecule has 7 nitrogen and oxygen atoms in total. The Morgan fingerprint density at radius 2 is 2.30 bits per heavy atom. The lowest BCUT2D eigenvalue weighted by molar-refractivity contribution is -0.116. The Bertz CT molecular complexity index is 703. The molecule has 0 unspecified atom stereocenters. The summed E-state index contributed by atoms with van der Waals surface area (Å²) in [6, 6.07) is 3.34. The first-order valence-electron chi connectivity index (χ1n) is 7.73. The highest BCUT2D eigenvalue weighted by Crippen LogP contribution is 2.25. The normalized spacial score (nSPS) is 14.0.